The maximum Gasteiger partial charge on any atom is 0.200 e. The van der Waals surface area contributed by atoms with Crippen LogP contribution in [0, 0.1) is 11.8 Å². The summed E-state index contributed by atoms with van der Waals surface area (Å²) in [7, 11) is 0. The summed E-state index contributed by atoms with van der Waals surface area (Å²) in [5, 5.41) is 21.3. The van der Waals surface area contributed by atoms with E-state index in [4.69, 9.17) is 14.2 Å². The summed E-state index contributed by atoms with van der Waals surface area (Å²) in [6, 6.07) is 0. The van der Waals surface area contributed by atoms with E-state index >= 15 is 0 Å². The molecular weight excluding hydrogens is 508 g/mol. The summed E-state index contributed by atoms with van der Waals surface area (Å²) in [4.78, 5) is 28.7. The van der Waals surface area contributed by atoms with Gasteiger partial charge < -0.3 is 24.4 Å². The number of rotatable bonds is 5. The minimum atomic E-state index is -1.45. The molecule has 0 amide bonds. The highest BCUT2D eigenvalue weighted by Gasteiger charge is 2.81. The third kappa shape index (κ3) is 3.37. The van der Waals surface area contributed by atoms with Crippen molar-refractivity contribution in [2.45, 2.75) is 90.1 Å². The second-order valence-electron chi connectivity index (χ2n) is 13.2. The minimum absolute atomic E-state index is 0.107. The molecule has 3 heterocycles. The number of carbonyl (C=O) groups is 2. The monoisotopic (exact) mass is 546 g/mol. The molecule has 7 nitrogen and oxygen atoms in total. The Morgan fingerprint density at radius 1 is 1.07 bits per heavy atom. The number of aliphatic hydroxyl groups excluding tert-OH is 1. The van der Waals surface area contributed by atoms with Crippen LogP contribution in [0.4, 0.5) is 0 Å². The van der Waals surface area contributed by atoms with Crippen LogP contribution in [0.15, 0.2) is 41.0 Å². The number of ether oxygens (including phenoxy) is 3. The van der Waals surface area contributed by atoms with E-state index in [0.29, 0.717) is 40.9 Å². The normalized spacial score (nSPS) is 32.0. The minimum Gasteiger partial charge on any atom is -0.506 e. The van der Waals surface area contributed by atoms with Crippen LogP contribution in [0.25, 0.3) is 6.08 Å². The molecule has 212 valence electrons. The lowest BCUT2D eigenvalue weighted by Crippen LogP contribution is -2.72. The van der Waals surface area contributed by atoms with Crippen molar-refractivity contribution in [3.63, 3.8) is 0 Å². The lowest BCUT2D eigenvalue weighted by Gasteiger charge is -2.56. The van der Waals surface area contributed by atoms with E-state index in [1.807, 2.05) is 65.8 Å². The molecule has 40 heavy (non-hydrogen) atoms. The average Bonchev–Trinajstić information content (AvgIpc) is 3.03. The van der Waals surface area contributed by atoms with Gasteiger partial charge in [0.25, 0.3) is 0 Å². The number of fused-ring (bicyclic) bond motifs is 2. The van der Waals surface area contributed by atoms with E-state index < -0.39 is 28.3 Å². The first-order valence-corrected chi connectivity index (χ1v) is 14.1. The third-order valence-corrected chi connectivity index (χ3v) is 9.32. The number of aliphatic hydroxyl groups is 1. The van der Waals surface area contributed by atoms with Gasteiger partial charge in [0.1, 0.15) is 28.4 Å². The summed E-state index contributed by atoms with van der Waals surface area (Å²) in [6.45, 7) is 13.4. The van der Waals surface area contributed by atoms with Crippen molar-refractivity contribution in [2.24, 2.45) is 11.8 Å². The van der Waals surface area contributed by atoms with Gasteiger partial charge in [-0.3, -0.25) is 9.59 Å². The highest BCUT2D eigenvalue weighted by atomic mass is 16.6. The number of hydrogen-bond acceptors (Lipinski definition) is 7. The van der Waals surface area contributed by atoms with Crippen molar-refractivity contribution in [1.29, 1.82) is 0 Å². The Balaban J connectivity index is 1.66. The molecule has 0 radical (unpaired) electrons. The summed E-state index contributed by atoms with van der Waals surface area (Å²) < 4.78 is 20.2. The van der Waals surface area contributed by atoms with E-state index in [-0.39, 0.29) is 47.6 Å². The van der Waals surface area contributed by atoms with Crippen LogP contribution < -0.4 is 9.47 Å². The molecule has 2 fully saturated rings. The molecule has 6 aliphatic rings. The van der Waals surface area contributed by atoms with Gasteiger partial charge in [-0.15, -0.1) is 0 Å². The van der Waals surface area contributed by atoms with Crippen LogP contribution in [0.1, 0.15) is 82.8 Å². The molecule has 7 rings (SSSR count). The van der Waals surface area contributed by atoms with E-state index in [0.717, 1.165) is 5.57 Å². The molecule has 1 unspecified atom stereocenters. The van der Waals surface area contributed by atoms with Crippen LogP contribution in [0.2, 0.25) is 0 Å². The number of Topliss-reactive ketones (excluding diaryl/α,β-unsaturated/α-hetero) is 2. The molecule has 4 bridgehead atoms. The lowest BCUT2D eigenvalue weighted by molar-refractivity contribution is -0.171. The highest BCUT2D eigenvalue weighted by molar-refractivity contribution is 6.19. The van der Waals surface area contributed by atoms with E-state index in [1.165, 1.54) is 0 Å². The summed E-state index contributed by atoms with van der Waals surface area (Å²) in [5.41, 5.74) is -0.823. The molecular formula is C33H38O7. The number of allylic oxidation sites excluding steroid dienone is 3. The Kier molecular flexibility index (Phi) is 5.70. The van der Waals surface area contributed by atoms with Crippen LogP contribution in [-0.4, -0.2) is 50.8 Å². The van der Waals surface area contributed by atoms with Crippen molar-refractivity contribution < 1.29 is 34.0 Å². The maximum absolute atomic E-state index is 14.5. The van der Waals surface area contributed by atoms with Gasteiger partial charge in [-0.05, 0) is 73.5 Å². The van der Waals surface area contributed by atoms with Gasteiger partial charge in [0.05, 0.1) is 17.8 Å². The SMILES string of the molecule is CC(C)=CCc1c2c(c(O)c3c1O[C@]14C(=C[C@@H]5CC1C(C)(C)O[C@]4(C/C=C(\C)CO)C5=O)C3=O)C=CC(C)(C)O2. The predicted octanol–water partition coefficient (Wildman–Crippen LogP) is 5.42. The second kappa shape index (κ2) is 8.43. The van der Waals surface area contributed by atoms with Gasteiger partial charge in [-0.25, -0.2) is 0 Å². The largest absolute Gasteiger partial charge is 0.506 e. The molecule has 2 N–H and O–H groups in total. The Hall–Kier alpha value is -3.16. The first-order chi connectivity index (χ1) is 18.7. The molecule has 3 aliphatic carbocycles. The molecule has 1 aromatic rings. The second-order valence-corrected chi connectivity index (χ2v) is 13.2. The fourth-order valence-corrected chi connectivity index (χ4v) is 7.44. The number of hydrogen-bond donors (Lipinski definition) is 2. The van der Waals surface area contributed by atoms with E-state index in [1.54, 1.807) is 13.0 Å². The topological polar surface area (TPSA) is 102 Å². The number of phenols is 1. The number of phenolic OH excluding ortho intramolecular Hbond substituents is 1. The number of benzene rings is 1. The zero-order chi connectivity index (χ0) is 29.0. The third-order valence-electron chi connectivity index (χ3n) is 9.32. The van der Waals surface area contributed by atoms with E-state index in [9.17, 15) is 19.8 Å². The number of aromatic hydroxyl groups is 1. The zero-order valence-corrected chi connectivity index (χ0v) is 24.3. The molecule has 3 aliphatic heterocycles. The average molecular weight is 547 g/mol. The molecule has 1 saturated heterocycles. The van der Waals surface area contributed by atoms with Crippen molar-refractivity contribution in [1.82, 2.24) is 0 Å². The Morgan fingerprint density at radius 3 is 2.48 bits per heavy atom. The molecule has 0 aromatic heterocycles. The van der Waals surface area contributed by atoms with Gasteiger partial charge >= 0.3 is 0 Å². The van der Waals surface area contributed by atoms with Crippen LogP contribution in [0.5, 0.6) is 17.2 Å². The number of carbonyl (C=O) groups excluding carboxylic acids is 2. The number of ketones is 2. The van der Waals surface area contributed by atoms with Crippen molar-refractivity contribution in [3.8, 4) is 17.2 Å². The maximum atomic E-state index is 14.5. The smallest absolute Gasteiger partial charge is 0.200 e. The van der Waals surface area contributed by atoms with Crippen LogP contribution in [0.3, 0.4) is 0 Å². The molecule has 7 heteroatoms. The Labute approximate surface area is 235 Å². The molecule has 1 spiro atoms. The predicted molar refractivity (Wildman–Crippen MR) is 151 cm³/mol. The van der Waals surface area contributed by atoms with Crippen LogP contribution in [-0.2, 0) is 16.0 Å². The van der Waals surface area contributed by atoms with Gasteiger partial charge in [0, 0.05) is 29.4 Å². The first kappa shape index (κ1) is 27.0. The van der Waals surface area contributed by atoms with Gasteiger partial charge in [0.15, 0.2) is 22.8 Å². The van der Waals surface area contributed by atoms with Crippen molar-refractivity contribution >= 4 is 17.6 Å². The van der Waals surface area contributed by atoms with Crippen LogP contribution >= 0.6 is 0 Å². The molecule has 1 saturated carbocycles. The van der Waals surface area contributed by atoms with Gasteiger partial charge in [0.2, 0.25) is 0 Å². The molecule has 4 atom stereocenters. The van der Waals surface area contributed by atoms with Gasteiger partial charge in [-0.1, -0.05) is 29.4 Å². The Morgan fingerprint density at radius 2 is 1.80 bits per heavy atom. The van der Waals surface area contributed by atoms with E-state index in [2.05, 4.69) is 0 Å². The Bertz CT molecular complexity index is 1480. The quantitative estimate of drug-likeness (QED) is 0.476. The standard InChI is InChI=1S/C33H38O7/c1-17(2)8-9-21-27-20(11-12-30(4,5)38-27)25(35)24-26(36)22-14-19-15-23-31(6,7)40-32(29(19)37,13-10-18(3)16-34)33(22,23)39-28(21)24/h8,10-12,14,19,23,34-35H,9,13,15-16H2,1-7H3/b18-10+/t19-,23?,32-,33-/m1/s1. The summed E-state index contributed by atoms with van der Waals surface area (Å²) in [5.74, 6) is -0.661. The van der Waals surface area contributed by atoms with Gasteiger partial charge in [-0.2, -0.15) is 0 Å². The summed E-state index contributed by atoms with van der Waals surface area (Å²) >= 11 is 0. The summed E-state index contributed by atoms with van der Waals surface area (Å²) in [6.07, 6.45) is 10.4. The van der Waals surface area contributed by atoms with Crippen molar-refractivity contribution in [2.75, 3.05) is 6.61 Å². The first-order valence-electron chi connectivity index (χ1n) is 14.1. The fraction of sp³-hybridized carbons (Fsp3) is 0.515. The zero-order valence-electron chi connectivity index (χ0n) is 24.3. The fourth-order valence-electron chi connectivity index (χ4n) is 7.44. The lowest BCUT2D eigenvalue weighted by atomic mass is 9.51. The highest BCUT2D eigenvalue weighted by Crippen LogP contribution is 2.68. The molecule has 1 aromatic carbocycles. The van der Waals surface area contributed by atoms with Crippen molar-refractivity contribution in [3.05, 3.63) is 57.7 Å².